The van der Waals surface area contributed by atoms with E-state index in [-0.39, 0.29) is 22.6 Å². The molecule has 0 heterocycles. The van der Waals surface area contributed by atoms with Gasteiger partial charge in [-0.3, -0.25) is 0 Å². The van der Waals surface area contributed by atoms with Crippen LogP contribution >= 0.6 is 0 Å². The van der Waals surface area contributed by atoms with Gasteiger partial charge in [0.2, 0.25) is 0 Å². The SMILES string of the molecule is C=CC(=O)O/C=C\Oc1ccc(-c2ccc(OC(=O)C=C)cc2)c(C(F)(F)F)c1. The molecule has 29 heavy (non-hydrogen) atoms. The molecule has 0 fully saturated rings. The van der Waals surface area contributed by atoms with E-state index in [1.807, 2.05) is 0 Å². The van der Waals surface area contributed by atoms with Crippen molar-refractivity contribution in [2.24, 2.45) is 0 Å². The van der Waals surface area contributed by atoms with Gasteiger partial charge in [-0.1, -0.05) is 31.4 Å². The van der Waals surface area contributed by atoms with Crippen LogP contribution in [0, 0.1) is 0 Å². The van der Waals surface area contributed by atoms with Crippen LogP contribution in [0.4, 0.5) is 13.2 Å². The van der Waals surface area contributed by atoms with Gasteiger partial charge in [0.15, 0.2) is 0 Å². The Morgan fingerprint density at radius 2 is 1.48 bits per heavy atom. The third-order valence-electron chi connectivity index (χ3n) is 3.46. The van der Waals surface area contributed by atoms with E-state index in [0.717, 1.165) is 30.7 Å². The molecule has 8 heteroatoms. The van der Waals surface area contributed by atoms with Crippen LogP contribution in [0.25, 0.3) is 11.1 Å². The molecule has 0 aliphatic carbocycles. The van der Waals surface area contributed by atoms with Crippen molar-refractivity contribution in [1.29, 1.82) is 0 Å². The van der Waals surface area contributed by atoms with E-state index in [1.54, 1.807) is 0 Å². The van der Waals surface area contributed by atoms with E-state index in [0.29, 0.717) is 0 Å². The van der Waals surface area contributed by atoms with Crippen molar-refractivity contribution in [3.63, 3.8) is 0 Å². The zero-order valence-electron chi connectivity index (χ0n) is 14.9. The Hall–Kier alpha value is -3.81. The van der Waals surface area contributed by atoms with E-state index in [4.69, 9.17) is 9.47 Å². The van der Waals surface area contributed by atoms with Crippen molar-refractivity contribution in [3.05, 3.63) is 85.9 Å². The first-order valence-corrected chi connectivity index (χ1v) is 8.05. The first-order valence-electron chi connectivity index (χ1n) is 8.05. The maximum Gasteiger partial charge on any atom is 0.417 e. The van der Waals surface area contributed by atoms with Crippen LogP contribution in [0.1, 0.15) is 5.56 Å². The van der Waals surface area contributed by atoms with Crippen LogP contribution in [-0.2, 0) is 20.5 Å². The molecule has 0 radical (unpaired) electrons. The second-order valence-electron chi connectivity index (χ2n) is 5.39. The average molecular weight is 404 g/mol. The smallest absolute Gasteiger partial charge is 0.417 e. The fraction of sp³-hybridized carbons (Fsp3) is 0.0476. The molecule has 0 saturated carbocycles. The topological polar surface area (TPSA) is 61.8 Å². The largest absolute Gasteiger partial charge is 0.462 e. The Balaban J connectivity index is 2.28. The summed E-state index contributed by atoms with van der Waals surface area (Å²) in [4.78, 5) is 22.1. The zero-order valence-corrected chi connectivity index (χ0v) is 14.9. The predicted octanol–water partition coefficient (Wildman–Crippen LogP) is 5.04. The lowest BCUT2D eigenvalue weighted by atomic mass is 9.99. The Bertz CT molecular complexity index is 944. The number of alkyl halides is 3. The van der Waals surface area contributed by atoms with Crippen LogP contribution in [0.5, 0.6) is 11.5 Å². The van der Waals surface area contributed by atoms with Crippen molar-refractivity contribution < 1.29 is 37.0 Å². The fourth-order valence-corrected chi connectivity index (χ4v) is 2.19. The molecule has 0 bridgehead atoms. The molecule has 2 aromatic rings. The van der Waals surface area contributed by atoms with E-state index in [9.17, 15) is 22.8 Å². The molecule has 0 amide bonds. The minimum Gasteiger partial charge on any atom is -0.462 e. The second kappa shape index (κ2) is 9.41. The van der Waals surface area contributed by atoms with Crippen LogP contribution in [0.3, 0.4) is 0 Å². The monoisotopic (exact) mass is 404 g/mol. The van der Waals surface area contributed by atoms with Gasteiger partial charge in [-0.15, -0.1) is 0 Å². The molecule has 150 valence electrons. The van der Waals surface area contributed by atoms with Crippen LogP contribution in [0.2, 0.25) is 0 Å². The van der Waals surface area contributed by atoms with Gasteiger partial charge in [0.1, 0.15) is 24.0 Å². The molecule has 0 saturated heterocycles. The van der Waals surface area contributed by atoms with E-state index < -0.39 is 23.7 Å². The van der Waals surface area contributed by atoms with Crippen molar-refractivity contribution in [1.82, 2.24) is 0 Å². The highest BCUT2D eigenvalue weighted by Crippen LogP contribution is 2.39. The minimum atomic E-state index is -4.65. The van der Waals surface area contributed by atoms with Gasteiger partial charge in [0, 0.05) is 12.2 Å². The standard InChI is InChI=1S/C21H15F3O5/c1-3-19(25)28-12-11-27-16-9-10-17(18(13-16)21(22,23)24)14-5-7-15(8-6-14)29-20(26)4-2/h3-13H,1-2H2/b12-11-. The molecule has 0 unspecified atom stereocenters. The summed E-state index contributed by atoms with van der Waals surface area (Å²) in [6, 6.07) is 8.93. The summed E-state index contributed by atoms with van der Waals surface area (Å²) in [5.74, 6) is -1.35. The van der Waals surface area contributed by atoms with E-state index >= 15 is 0 Å². The van der Waals surface area contributed by atoms with E-state index in [2.05, 4.69) is 17.9 Å². The third kappa shape index (κ3) is 6.10. The highest BCUT2D eigenvalue weighted by atomic mass is 19.4. The lowest BCUT2D eigenvalue weighted by Crippen LogP contribution is -2.07. The number of esters is 2. The molecular weight excluding hydrogens is 389 g/mol. The maximum absolute atomic E-state index is 13.5. The maximum atomic E-state index is 13.5. The Morgan fingerprint density at radius 1 is 0.862 bits per heavy atom. The summed E-state index contributed by atoms with van der Waals surface area (Å²) in [6.07, 6.45) is -0.943. The van der Waals surface area contributed by atoms with Crippen LogP contribution in [-0.4, -0.2) is 11.9 Å². The Labute approximate surface area is 164 Å². The lowest BCUT2D eigenvalue weighted by molar-refractivity contribution is -0.137. The first kappa shape index (κ1) is 21.5. The van der Waals surface area contributed by atoms with Crippen molar-refractivity contribution in [2.45, 2.75) is 6.18 Å². The zero-order chi connectivity index (χ0) is 21.4. The molecule has 0 atom stereocenters. The quantitative estimate of drug-likeness (QED) is 0.280. The highest BCUT2D eigenvalue weighted by molar-refractivity contribution is 5.83. The fourth-order valence-electron chi connectivity index (χ4n) is 2.19. The summed E-state index contributed by atoms with van der Waals surface area (Å²) < 4.78 is 55.0. The number of hydrogen-bond acceptors (Lipinski definition) is 5. The van der Waals surface area contributed by atoms with Gasteiger partial charge in [-0.2, -0.15) is 13.2 Å². The molecule has 0 aromatic heterocycles. The molecule has 2 rings (SSSR count). The second-order valence-corrected chi connectivity index (χ2v) is 5.39. The molecule has 0 aliphatic heterocycles. The van der Waals surface area contributed by atoms with Crippen molar-refractivity contribution in [3.8, 4) is 22.6 Å². The predicted molar refractivity (Wildman–Crippen MR) is 98.8 cm³/mol. The first-order chi connectivity index (χ1) is 13.7. The number of hydrogen-bond donors (Lipinski definition) is 0. The number of benzene rings is 2. The molecule has 2 aromatic carbocycles. The number of carbonyl (C=O) groups excluding carboxylic acids is 2. The molecule has 0 aliphatic rings. The normalized spacial score (nSPS) is 11.0. The Kier molecular flexibility index (Phi) is 6.97. The van der Waals surface area contributed by atoms with Gasteiger partial charge >= 0.3 is 18.1 Å². The summed E-state index contributed by atoms with van der Waals surface area (Å²) in [5.41, 5.74) is -0.756. The van der Waals surface area contributed by atoms with E-state index in [1.165, 1.54) is 36.4 Å². The number of rotatable bonds is 7. The Morgan fingerprint density at radius 3 is 2.07 bits per heavy atom. The van der Waals surface area contributed by atoms with Gasteiger partial charge in [-0.25, -0.2) is 9.59 Å². The van der Waals surface area contributed by atoms with Gasteiger partial charge < -0.3 is 14.2 Å². The average Bonchev–Trinajstić information content (AvgIpc) is 2.70. The lowest BCUT2D eigenvalue weighted by Gasteiger charge is -2.15. The summed E-state index contributed by atoms with van der Waals surface area (Å²) in [7, 11) is 0. The van der Waals surface area contributed by atoms with Crippen LogP contribution < -0.4 is 9.47 Å². The molecular formula is C21H15F3O5. The van der Waals surface area contributed by atoms with Crippen molar-refractivity contribution >= 4 is 11.9 Å². The van der Waals surface area contributed by atoms with Crippen LogP contribution in [0.15, 0.2) is 80.3 Å². The number of carbonyl (C=O) groups is 2. The highest BCUT2D eigenvalue weighted by Gasteiger charge is 2.34. The molecule has 0 N–H and O–H groups in total. The number of halogens is 3. The van der Waals surface area contributed by atoms with Crippen molar-refractivity contribution in [2.75, 3.05) is 0 Å². The number of ether oxygens (including phenoxy) is 3. The molecule has 5 nitrogen and oxygen atoms in total. The van der Waals surface area contributed by atoms with Gasteiger partial charge in [0.25, 0.3) is 0 Å². The summed E-state index contributed by atoms with van der Waals surface area (Å²) >= 11 is 0. The van der Waals surface area contributed by atoms with Gasteiger partial charge in [0.05, 0.1) is 5.56 Å². The summed E-state index contributed by atoms with van der Waals surface area (Å²) in [6.45, 7) is 6.46. The van der Waals surface area contributed by atoms with Gasteiger partial charge in [-0.05, 0) is 35.4 Å². The summed E-state index contributed by atoms with van der Waals surface area (Å²) in [5, 5.41) is 0. The minimum absolute atomic E-state index is 0.0893. The third-order valence-corrected chi connectivity index (χ3v) is 3.46. The molecule has 0 spiro atoms.